The Morgan fingerprint density at radius 3 is 2.82 bits per heavy atom. The van der Waals surface area contributed by atoms with Crippen molar-refractivity contribution in [3.63, 3.8) is 0 Å². The van der Waals surface area contributed by atoms with Crippen LogP contribution in [0.25, 0.3) is 0 Å². The Hall–Kier alpha value is -2.49. The molecule has 0 aromatic heterocycles. The van der Waals surface area contributed by atoms with E-state index in [0.29, 0.717) is 55.6 Å². The highest BCUT2D eigenvalue weighted by atomic mass is 35.5. The van der Waals surface area contributed by atoms with E-state index in [1.54, 1.807) is 21.6 Å². The van der Waals surface area contributed by atoms with Crippen molar-refractivity contribution in [3.8, 4) is 6.07 Å². The highest BCUT2D eigenvalue weighted by molar-refractivity contribution is 8.03. The van der Waals surface area contributed by atoms with Gasteiger partial charge in [-0.15, -0.1) is 11.8 Å². The number of fused-ring (bicyclic) bond motifs is 1. The number of benzene rings is 1. The number of allylic oxidation sites excluding steroid dienone is 3. The number of halogens is 1. The van der Waals surface area contributed by atoms with Crippen molar-refractivity contribution in [1.82, 2.24) is 9.80 Å². The Morgan fingerprint density at radius 1 is 1.33 bits per heavy atom. The zero-order valence-corrected chi connectivity index (χ0v) is 20.4. The molecular formula is C26H28ClN3O2S. The second-order valence-electron chi connectivity index (χ2n) is 8.91. The molecule has 1 aromatic rings. The van der Waals surface area contributed by atoms with Gasteiger partial charge in [-0.1, -0.05) is 42.0 Å². The number of unbranched alkanes of at least 4 members (excludes halogenated alkanes) is 1. The second kappa shape index (κ2) is 10.2. The maximum atomic E-state index is 13.7. The lowest BCUT2D eigenvalue weighted by Crippen LogP contribution is -2.67. The van der Waals surface area contributed by atoms with Gasteiger partial charge in [0.1, 0.15) is 5.54 Å². The Labute approximate surface area is 204 Å². The minimum atomic E-state index is -0.845. The first-order valence-corrected chi connectivity index (χ1v) is 12.7. The van der Waals surface area contributed by atoms with E-state index in [1.165, 1.54) is 5.57 Å². The third-order valence-corrected chi connectivity index (χ3v) is 8.11. The summed E-state index contributed by atoms with van der Waals surface area (Å²) in [6, 6.07) is 9.59. The predicted octanol–water partition coefficient (Wildman–Crippen LogP) is 5.24. The molecule has 1 aliphatic carbocycles. The molecule has 5 nitrogen and oxygen atoms in total. The average molecular weight is 482 g/mol. The lowest BCUT2D eigenvalue weighted by molar-refractivity contribution is -0.164. The van der Waals surface area contributed by atoms with Crippen LogP contribution in [0.4, 0.5) is 0 Å². The van der Waals surface area contributed by atoms with Gasteiger partial charge in [0.25, 0.3) is 0 Å². The number of nitrogens with zero attached hydrogens (tertiary/aromatic N) is 3. The maximum absolute atomic E-state index is 13.7. The van der Waals surface area contributed by atoms with Gasteiger partial charge in [0.15, 0.2) is 0 Å². The fourth-order valence-corrected chi connectivity index (χ4v) is 5.89. The van der Waals surface area contributed by atoms with Crippen LogP contribution in [0, 0.1) is 11.3 Å². The summed E-state index contributed by atoms with van der Waals surface area (Å²) in [6.07, 6.45) is 9.29. The third kappa shape index (κ3) is 5.05. The van der Waals surface area contributed by atoms with E-state index in [1.807, 2.05) is 31.2 Å². The predicted molar refractivity (Wildman–Crippen MR) is 132 cm³/mol. The van der Waals surface area contributed by atoms with Crippen LogP contribution in [0.5, 0.6) is 0 Å². The van der Waals surface area contributed by atoms with Crippen molar-refractivity contribution in [2.75, 3.05) is 13.1 Å². The number of thioether (sulfide) groups is 1. The number of hydrogen-bond donors (Lipinski definition) is 0. The summed E-state index contributed by atoms with van der Waals surface area (Å²) in [6.45, 7) is 3.38. The molecule has 3 aliphatic rings. The van der Waals surface area contributed by atoms with Crippen LogP contribution in [0.15, 0.2) is 59.0 Å². The highest BCUT2D eigenvalue weighted by Gasteiger charge is 2.51. The molecule has 0 N–H and O–H groups in total. The van der Waals surface area contributed by atoms with E-state index >= 15 is 0 Å². The van der Waals surface area contributed by atoms with Crippen LogP contribution in [0.2, 0.25) is 5.02 Å². The molecule has 0 spiro atoms. The van der Waals surface area contributed by atoms with Crippen LogP contribution in [0.1, 0.15) is 44.6 Å². The molecule has 0 bridgehead atoms. The largest absolute Gasteiger partial charge is 0.336 e. The summed E-state index contributed by atoms with van der Waals surface area (Å²) in [7, 11) is 0. The highest BCUT2D eigenvalue weighted by Crippen LogP contribution is 2.42. The average Bonchev–Trinajstić information content (AvgIpc) is 3.21. The Bertz CT molecular complexity index is 1060. The normalized spacial score (nSPS) is 23.2. The van der Waals surface area contributed by atoms with Crippen molar-refractivity contribution >= 4 is 35.2 Å². The molecule has 1 aromatic carbocycles. The first-order chi connectivity index (χ1) is 15.9. The molecule has 1 fully saturated rings. The zero-order valence-electron chi connectivity index (χ0n) is 18.8. The molecule has 172 valence electrons. The van der Waals surface area contributed by atoms with Gasteiger partial charge >= 0.3 is 0 Å². The van der Waals surface area contributed by atoms with E-state index < -0.39 is 5.54 Å². The Balaban J connectivity index is 1.46. The summed E-state index contributed by atoms with van der Waals surface area (Å²) in [4.78, 5) is 30.5. The van der Waals surface area contributed by atoms with Crippen LogP contribution in [-0.2, 0) is 16.1 Å². The molecule has 2 heterocycles. The van der Waals surface area contributed by atoms with Gasteiger partial charge in [-0.3, -0.25) is 9.59 Å². The minimum Gasteiger partial charge on any atom is -0.336 e. The molecule has 2 amide bonds. The lowest BCUT2D eigenvalue weighted by Gasteiger charge is -2.51. The Morgan fingerprint density at radius 2 is 2.12 bits per heavy atom. The summed E-state index contributed by atoms with van der Waals surface area (Å²) in [5.41, 5.74) is 2.45. The van der Waals surface area contributed by atoms with Gasteiger partial charge < -0.3 is 9.80 Å². The summed E-state index contributed by atoms with van der Waals surface area (Å²) in [5.74, 6) is -0.0500. The summed E-state index contributed by atoms with van der Waals surface area (Å²) in [5, 5.41) is 12.1. The van der Waals surface area contributed by atoms with E-state index in [0.717, 1.165) is 17.6 Å². The number of nitriles is 1. The summed E-state index contributed by atoms with van der Waals surface area (Å²) >= 11 is 7.78. The van der Waals surface area contributed by atoms with E-state index in [9.17, 15) is 9.59 Å². The standard InChI is InChI=1S/C26H28ClN3O2S/c1-26(25(32)29(14-5-4-13-28)17-19-8-10-21(27)11-9-19)12-15-30(26)24(31)16-20-18-33-23-7-3-2-6-22(20)23/h2-3,6,8-11,18,23H,4-5,7,12,14-17H2,1H3. The van der Waals surface area contributed by atoms with Gasteiger partial charge in [-0.2, -0.15) is 5.26 Å². The van der Waals surface area contributed by atoms with Crippen molar-refractivity contribution in [2.45, 2.75) is 56.4 Å². The van der Waals surface area contributed by atoms with Crippen LogP contribution < -0.4 is 0 Å². The Kier molecular flexibility index (Phi) is 7.31. The fraction of sp³-hybridized carbons (Fsp3) is 0.423. The molecular weight excluding hydrogens is 454 g/mol. The van der Waals surface area contributed by atoms with Gasteiger partial charge in [-0.05, 0) is 60.4 Å². The maximum Gasteiger partial charge on any atom is 0.248 e. The molecule has 4 rings (SSSR count). The van der Waals surface area contributed by atoms with E-state index in [2.05, 4.69) is 29.7 Å². The molecule has 1 saturated heterocycles. The first-order valence-electron chi connectivity index (χ1n) is 11.4. The number of amides is 2. The number of hydrogen-bond acceptors (Lipinski definition) is 4. The van der Waals surface area contributed by atoms with Crippen molar-refractivity contribution in [2.24, 2.45) is 0 Å². The topological polar surface area (TPSA) is 64.4 Å². The zero-order chi connectivity index (χ0) is 23.4. The van der Waals surface area contributed by atoms with Gasteiger partial charge in [0, 0.05) is 36.3 Å². The van der Waals surface area contributed by atoms with Gasteiger partial charge in [0.2, 0.25) is 11.8 Å². The SMILES string of the molecule is CC1(C(=O)N(CCCC#N)Cc2ccc(Cl)cc2)CCN1C(=O)CC1=CSC2CC=CC=C12. The molecule has 7 heteroatoms. The van der Waals surface area contributed by atoms with Crippen LogP contribution in [-0.4, -0.2) is 45.5 Å². The third-order valence-electron chi connectivity index (χ3n) is 6.67. The summed E-state index contributed by atoms with van der Waals surface area (Å²) < 4.78 is 0. The minimum absolute atomic E-state index is 0.00326. The van der Waals surface area contributed by atoms with Crippen molar-refractivity contribution < 1.29 is 9.59 Å². The number of likely N-dealkylation sites (tertiary alicyclic amines) is 1. The second-order valence-corrected chi connectivity index (χ2v) is 10.4. The molecule has 2 aliphatic heterocycles. The molecule has 33 heavy (non-hydrogen) atoms. The molecule has 2 atom stereocenters. The first kappa shape index (κ1) is 23.7. The number of rotatable bonds is 8. The molecule has 0 radical (unpaired) electrons. The van der Waals surface area contributed by atoms with Crippen LogP contribution in [0.3, 0.4) is 0 Å². The smallest absolute Gasteiger partial charge is 0.248 e. The lowest BCUT2D eigenvalue weighted by atomic mass is 9.83. The van der Waals surface area contributed by atoms with Crippen LogP contribution >= 0.6 is 23.4 Å². The van der Waals surface area contributed by atoms with Crippen molar-refractivity contribution in [3.05, 3.63) is 69.6 Å². The molecule has 0 saturated carbocycles. The van der Waals surface area contributed by atoms with Crippen molar-refractivity contribution in [1.29, 1.82) is 5.26 Å². The quantitative estimate of drug-likeness (QED) is 0.476. The number of carbonyl (C=O) groups is 2. The fourth-order valence-electron chi connectivity index (χ4n) is 4.62. The van der Waals surface area contributed by atoms with Gasteiger partial charge in [-0.25, -0.2) is 0 Å². The number of carbonyl (C=O) groups excluding carboxylic acids is 2. The molecule has 2 unspecified atom stereocenters. The monoisotopic (exact) mass is 481 g/mol. The van der Waals surface area contributed by atoms with Gasteiger partial charge in [0.05, 0.1) is 12.5 Å². The van der Waals surface area contributed by atoms with E-state index in [4.69, 9.17) is 16.9 Å². The van der Waals surface area contributed by atoms with E-state index in [-0.39, 0.29) is 11.8 Å².